The molecule has 0 aliphatic carbocycles. The molecule has 2 nitrogen and oxygen atoms in total. The van der Waals surface area contributed by atoms with Gasteiger partial charge < -0.3 is 0 Å². The Morgan fingerprint density at radius 3 is 2.36 bits per heavy atom. The van der Waals surface area contributed by atoms with Crippen molar-refractivity contribution in [3.8, 4) is 0 Å². The summed E-state index contributed by atoms with van der Waals surface area (Å²) in [6.07, 6.45) is 2.23. The van der Waals surface area contributed by atoms with Crippen LogP contribution in [0.25, 0.3) is 16.8 Å². The van der Waals surface area contributed by atoms with Crippen LogP contribution in [0.2, 0.25) is 0 Å². The van der Waals surface area contributed by atoms with Crippen LogP contribution in [0.15, 0.2) is 46.9 Å². The second-order valence-corrected chi connectivity index (χ2v) is 8.33. The zero-order chi connectivity index (χ0) is 15.9. The number of hydrogen-bond acceptors (Lipinski definition) is 2. The van der Waals surface area contributed by atoms with Gasteiger partial charge >= 0.3 is 0 Å². The highest BCUT2D eigenvalue weighted by molar-refractivity contribution is 7.86. The topological polar surface area (TPSA) is 29.1 Å². The zero-order valence-corrected chi connectivity index (χ0v) is 14.5. The van der Waals surface area contributed by atoms with Crippen molar-refractivity contribution < 1.29 is 4.21 Å². The molecule has 0 spiro atoms. The smallest absolute Gasteiger partial charge is 0.111 e. The van der Waals surface area contributed by atoms with E-state index in [1.165, 1.54) is 11.0 Å². The molecule has 2 aromatic carbocycles. The fraction of sp³-hybridized carbons (Fsp3) is 0.368. The van der Waals surface area contributed by atoms with E-state index < -0.39 is 10.8 Å². The Bertz CT molecular complexity index is 771. The second kappa shape index (κ2) is 5.64. The molecule has 1 N–H and O–H groups in total. The summed E-state index contributed by atoms with van der Waals surface area (Å²) in [5, 5.41) is 5.66. The summed E-state index contributed by atoms with van der Waals surface area (Å²) in [5.74, 6) is 0. The van der Waals surface area contributed by atoms with E-state index in [2.05, 4.69) is 63.4 Å². The molecule has 22 heavy (non-hydrogen) atoms. The summed E-state index contributed by atoms with van der Waals surface area (Å²) in [5.41, 5.74) is 2.30. The zero-order valence-electron chi connectivity index (χ0n) is 13.6. The first-order valence-electron chi connectivity index (χ1n) is 7.80. The highest BCUT2D eigenvalue weighted by Crippen LogP contribution is 2.39. The van der Waals surface area contributed by atoms with Crippen molar-refractivity contribution in [3.63, 3.8) is 0 Å². The van der Waals surface area contributed by atoms with Crippen LogP contribution in [-0.4, -0.2) is 16.1 Å². The summed E-state index contributed by atoms with van der Waals surface area (Å²) >= 11 is 0. The Balaban J connectivity index is 2.23. The minimum absolute atomic E-state index is 0.00810. The monoisotopic (exact) mass is 313 g/mol. The molecular formula is C19H23NOS. The second-order valence-electron chi connectivity index (χ2n) is 6.82. The van der Waals surface area contributed by atoms with Gasteiger partial charge in [-0.3, -0.25) is 9.53 Å². The quantitative estimate of drug-likeness (QED) is 0.894. The fourth-order valence-electron chi connectivity index (χ4n) is 2.99. The molecule has 0 saturated carbocycles. The number of rotatable bonds is 2. The third-order valence-corrected chi connectivity index (χ3v) is 5.79. The van der Waals surface area contributed by atoms with Gasteiger partial charge in [-0.25, -0.2) is 0 Å². The lowest BCUT2D eigenvalue weighted by Gasteiger charge is -2.34. The van der Waals surface area contributed by atoms with Crippen LogP contribution in [0.3, 0.4) is 0 Å². The molecule has 0 saturated heterocycles. The number of fused-ring (bicyclic) bond motifs is 2. The first-order chi connectivity index (χ1) is 10.4. The molecule has 3 heteroatoms. The maximum absolute atomic E-state index is 13.1. The lowest BCUT2D eigenvalue weighted by Crippen LogP contribution is -2.40. The van der Waals surface area contributed by atoms with Crippen molar-refractivity contribution in [2.45, 2.75) is 38.0 Å². The molecule has 0 amide bonds. The Kier molecular flexibility index (Phi) is 3.96. The van der Waals surface area contributed by atoms with Gasteiger partial charge in [0, 0.05) is 4.90 Å². The first kappa shape index (κ1) is 15.4. The summed E-state index contributed by atoms with van der Waals surface area (Å²) in [4.78, 5) is 0.942. The summed E-state index contributed by atoms with van der Waals surface area (Å²) < 4.78 is 13.1. The van der Waals surface area contributed by atoms with Crippen LogP contribution in [0.4, 0.5) is 0 Å². The molecular weight excluding hydrogens is 290 g/mol. The van der Waals surface area contributed by atoms with E-state index in [0.29, 0.717) is 0 Å². The highest BCUT2D eigenvalue weighted by Gasteiger charge is 2.34. The van der Waals surface area contributed by atoms with Gasteiger partial charge in [-0.1, -0.05) is 58.0 Å². The van der Waals surface area contributed by atoms with Crippen molar-refractivity contribution >= 4 is 27.6 Å². The Labute approximate surface area is 135 Å². The fourth-order valence-corrected chi connectivity index (χ4v) is 4.81. The number of benzene rings is 2. The molecule has 1 aliphatic heterocycles. The van der Waals surface area contributed by atoms with E-state index in [0.717, 1.165) is 22.4 Å². The number of nitrogens with one attached hydrogen (secondary N) is 1. The molecule has 1 heterocycles. The average Bonchev–Trinajstić information content (AvgIpc) is 2.47. The van der Waals surface area contributed by atoms with Crippen molar-refractivity contribution in [1.29, 1.82) is 0 Å². The summed E-state index contributed by atoms with van der Waals surface area (Å²) in [6.45, 7) is 9.44. The highest BCUT2D eigenvalue weighted by atomic mass is 32.2. The van der Waals surface area contributed by atoms with Crippen LogP contribution in [-0.2, 0) is 10.8 Å². The third kappa shape index (κ3) is 2.64. The van der Waals surface area contributed by atoms with Crippen LogP contribution >= 0.6 is 0 Å². The number of hydrogen-bond donors (Lipinski definition) is 1. The normalized spacial score (nSPS) is 21.5. The standard InChI is InChI=1S/C19H23NOS/c1-5-20-18-16(19(2,3)4)11-15-10-13-8-6-7-9-14(13)12-17(15)22(18)21/h6-12,18,20H,5H2,1-4H3. The predicted molar refractivity (Wildman–Crippen MR) is 95.3 cm³/mol. The van der Waals surface area contributed by atoms with Crippen molar-refractivity contribution in [2.24, 2.45) is 5.41 Å². The van der Waals surface area contributed by atoms with Crippen molar-refractivity contribution in [1.82, 2.24) is 5.32 Å². The maximum atomic E-state index is 13.1. The SMILES string of the molecule is CCNC1C(C(C)(C)C)=Cc2cc3ccccc3cc2S1=O. The van der Waals surface area contributed by atoms with Gasteiger partial charge in [-0.15, -0.1) is 0 Å². The molecule has 1 aliphatic rings. The average molecular weight is 313 g/mol. The lowest BCUT2D eigenvalue weighted by molar-refractivity contribution is 0.469. The van der Waals surface area contributed by atoms with Gasteiger partial charge in [0.1, 0.15) is 5.37 Å². The van der Waals surface area contributed by atoms with E-state index in [-0.39, 0.29) is 10.8 Å². The van der Waals surface area contributed by atoms with Crippen LogP contribution in [0, 0.1) is 5.41 Å². The van der Waals surface area contributed by atoms with E-state index in [4.69, 9.17) is 0 Å². The van der Waals surface area contributed by atoms with E-state index in [9.17, 15) is 4.21 Å². The maximum Gasteiger partial charge on any atom is 0.111 e. The molecule has 3 rings (SSSR count). The van der Waals surface area contributed by atoms with Gasteiger partial charge in [0.15, 0.2) is 0 Å². The first-order valence-corrected chi connectivity index (χ1v) is 9.02. The van der Waals surface area contributed by atoms with E-state index >= 15 is 0 Å². The van der Waals surface area contributed by atoms with Gasteiger partial charge in [-0.2, -0.15) is 0 Å². The van der Waals surface area contributed by atoms with Crippen molar-refractivity contribution in [3.05, 3.63) is 47.5 Å². The largest absolute Gasteiger partial charge is 0.300 e. The summed E-state index contributed by atoms with van der Waals surface area (Å²) in [6, 6.07) is 12.5. The van der Waals surface area contributed by atoms with Gasteiger partial charge in [-0.05, 0) is 46.0 Å². The van der Waals surface area contributed by atoms with E-state index in [1.54, 1.807) is 0 Å². The van der Waals surface area contributed by atoms with E-state index in [1.807, 2.05) is 12.1 Å². The third-order valence-electron chi connectivity index (χ3n) is 4.16. The lowest BCUT2D eigenvalue weighted by atomic mass is 9.84. The molecule has 2 atom stereocenters. The van der Waals surface area contributed by atoms with Crippen molar-refractivity contribution in [2.75, 3.05) is 6.54 Å². The van der Waals surface area contributed by atoms with Gasteiger partial charge in [0.05, 0.1) is 10.8 Å². The Morgan fingerprint density at radius 1 is 1.14 bits per heavy atom. The minimum Gasteiger partial charge on any atom is -0.300 e. The molecule has 116 valence electrons. The molecule has 0 radical (unpaired) electrons. The predicted octanol–water partition coefficient (Wildman–Crippen LogP) is 4.33. The van der Waals surface area contributed by atoms with Gasteiger partial charge in [0.2, 0.25) is 0 Å². The summed E-state index contributed by atoms with van der Waals surface area (Å²) in [7, 11) is -1.06. The molecule has 2 unspecified atom stereocenters. The van der Waals surface area contributed by atoms with Crippen LogP contribution in [0.1, 0.15) is 33.3 Å². The minimum atomic E-state index is -1.06. The molecule has 0 fully saturated rings. The van der Waals surface area contributed by atoms with Crippen LogP contribution < -0.4 is 5.32 Å². The molecule has 0 aromatic heterocycles. The molecule has 2 aromatic rings. The molecule has 0 bridgehead atoms. The Morgan fingerprint density at radius 2 is 1.77 bits per heavy atom. The van der Waals surface area contributed by atoms with Gasteiger partial charge in [0.25, 0.3) is 0 Å². The Hall–Kier alpha value is -1.45. The number of likely N-dealkylation sites (N-methyl/N-ethyl adjacent to an activating group) is 1. The van der Waals surface area contributed by atoms with Crippen LogP contribution in [0.5, 0.6) is 0 Å².